The minimum Gasteiger partial charge on any atom is -0.462 e. The number of allylic oxidation sites excluding steroid dienone is 6. The number of carbonyl (C=O) groups excluding carboxylic acids is 3. The molecular weight excluding hydrogens is 709 g/mol. The molecule has 0 saturated carbocycles. The lowest BCUT2D eigenvalue weighted by Gasteiger charge is -2.12. The molecule has 0 bridgehead atoms. The zero-order valence-electron chi connectivity index (χ0n) is 37.0. The van der Waals surface area contributed by atoms with Gasteiger partial charge in [0.1, 0.15) is 0 Å². The molecule has 6 heteroatoms. The lowest BCUT2D eigenvalue weighted by atomic mass is 10.0. The predicted molar refractivity (Wildman–Crippen MR) is 240 cm³/mol. The lowest BCUT2D eigenvalue weighted by Crippen LogP contribution is -2.17. The summed E-state index contributed by atoms with van der Waals surface area (Å²) < 4.78 is 16.8. The molecule has 1 rings (SSSR count). The van der Waals surface area contributed by atoms with Crippen LogP contribution in [0.3, 0.4) is 0 Å². The van der Waals surface area contributed by atoms with Gasteiger partial charge in [0.15, 0.2) is 0 Å². The highest BCUT2D eigenvalue weighted by molar-refractivity contribution is 6.05. The second-order valence-corrected chi connectivity index (χ2v) is 15.7. The number of esters is 3. The Morgan fingerprint density at radius 3 is 1.02 bits per heavy atom. The molecule has 0 atom stereocenters. The molecule has 6 nitrogen and oxygen atoms in total. The van der Waals surface area contributed by atoms with E-state index in [2.05, 4.69) is 57.2 Å². The summed E-state index contributed by atoms with van der Waals surface area (Å²) in [5.74, 6) is -1.69. The van der Waals surface area contributed by atoms with Gasteiger partial charge in [0.25, 0.3) is 0 Å². The maximum atomic E-state index is 13.3. The molecule has 0 aromatic heterocycles. The smallest absolute Gasteiger partial charge is 0.339 e. The SMILES string of the molecule is CCCCCC/C=C/CCCCCCOC(=O)c1ccc(C(=O)OCCCCCC/C=C/CCCCCC)c(C(=O)OCCCCCC/C=C/CCCCCC)c1. The number of rotatable bonds is 39. The molecule has 0 heterocycles. The van der Waals surface area contributed by atoms with E-state index in [9.17, 15) is 14.4 Å². The molecule has 0 aliphatic carbocycles. The van der Waals surface area contributed by atoms with E-state index in [4.69, 9.17) is 14.2 Å². The van der Waals surface area contributed by atoms with Gasteiger partial charge in [-0.2, -0.15) is 0 Å². The molecule has 0 fully saturated rings. The van der Waals surface area contributed by atoms with Crippen molar-refractivity contribution < 1.29 is 28.6 Å². The summed E-state index contributed by atoms with van der Waals surface area (Å²) in [6, 6.07) is 4.47. The summed E-state index contributed by atoms with van der Waals surface area (Å²) in [6.07, 6.45) is 47.9. The molecule has 1 aromatic carbocycles. The van der Waals surface area contributed by atoms with E-state index >= 15 is 0 Å². The Labute approximate surface area is 350 Å². The van der Waals surface area contributed by atoms with Crippen LogP contribution in [0.1, 0.15) is 244 Å². The number of benzene rings is 1. The van der Waals surface area contributed by atoms with Gasteiger partial charge in [-0.3, -0.25) is 0 Å². The van der Waals surface area contributed by atoms with Crippen molar-refractivity contribution in [1.82, 2.24) is 0 Å². The third kappa shape index (κ3) is 30.6. The first kappa shape index (κ1) is 51.9. The molecule has 1 aromatic rings. The van der Waals surface area contributed by atoms with Gasteiger partial charge in [-0.1, -0.05) is 154 Å². The van der Waals surface area contributed by atoms with Gasteiger partial charge >= 0.3 is 17.9 Å². The number of hydrogen-bond donors (Lipinski definition) is 0. The molecule has 0 N–H and O–H groups in total. The van der Waals surface area contributed by atoms with Crippen LogP contribution in [0.4, 0.5) is 0 Å². The highest BCUT2D eigenvalue weighted by Gasteiger charge is 2.22. The van der Waals surface area contributed by atoms with Gasteiger partial charge in [0, 0.05) is 0 Å². The number of ether oxygens (including phenoxy) is 3. The summed E-state index contributed by atoms with van der Waals surface area (Å²) in [5, 5.41) is 0. The molecule has 0 aliphatic rings. The predicted octanol–water partition coefficient (Wildman–Crippen LogP) is 15.6. The zero-order chi connectivity index (χ0) is 41.3. The second kappa shape index (κ2) is 39.7. The van der Waals surface area contributed by atoms with E-state index in [1.165, 1.54) is 108 Å². The summed E-state index contributed by atoms with van der Waals surface area (Å²) in [7, 11) is 0. The van der Waals surface area contributed by atoms with Crippen molar-refractivity contribution in [3.63, 3.8) is 0 Å². The number of unbranched alkanes of at least 4 members (excludes halogenated alkanes) is 24. The van der Waals surface area contributed by atoms with Crippen LogP contribution in [-0.4, -0.2) is 37.7 Å². The summed E-state index contributed by atoms with van der Waals surface area (Å²) in [6.45, 7) is 7.58. The van der Waals surface area contributed by atoms with Crippen molar-refractivity contribution in [2.75, 3.05) is 19.8 Å². The van der Waals surface area contributed by atoms with Gasteiger partial charge < -0.3 is 14.2 Å². The highest BCUT2D eigenvalue weighted by atomic mass is 16.5. The van der Waals surface area contributed by atoms with E-state index in [0.29, 0.717) is 6.61 Å². The van der Waals surface area contributed by atoms with E-state index in [0.717, 1.165) is 96.3 Å². The summed E-state index contributed by atoms with van der Waals surface area (Å²) >= 11 is 0. The standard InChI is InChI=1S/C51H84O6/c1-4-7-10-13-16-19-22-25-28-31-34-37-42-55-49(52)46-40-41-47(50(53)56-43-38-35-32-29-26-23-20-17-14-11-8-5-2)48(45-46)51(54)57-44-39-36-33-30-27-24-21-18-15-12-9-6-3/h19-24,40-41,45H,4-18,25-39,42-44H2,1-3H3/b22-19+,23-20+,24-21+. The van der Waals surface area contributed by atoms with Crippen molar-refractivity contribution >= 4 is 17.9 Å². The molecule has 0 spiro atoms. The molecule has 0 saturated heterocycles. The van der Waals surface area contributed by atoms with Crippen LogP contribution in [-0.2, 0) is 14.2 Å². The topological polar surface area (TPSA) is 78.9 Å². The molecule has 0 unspecified atom stereocenters. The van der Waals surface area contributed by atoms with Gasteiger partial charge in [-0.05, 0) is 115 Å². The monoisotopic (exact) mass is 793 g/mol. The first-order valence-electron chi connectivity index (χ1n) is 23.6. The molecule has 0 amide bonds. The van der Waals surface area contributed by atoms with Crippen LogP contribution in [0.15, 0.2) is 54.7 Å². The Morgan fingerprint density at radius 1 is 0.368 bits per heavy atom. The van der Waals surface area contributed by atoms with Crippen LogP contribution in [0, 0.1) is 0 Å². The fourth-order valence-electron chi connectivity index (χ4n) is 6.68. The second-order valence-electron chi connectivity index (χ2n) is 15.7. The van der Waals surface area contributed by atoms with Crippen molar-refractivity contribution in [1.29, 1.82) is 0 Å². The maximum absolute atomic E-state index is 13.3. The van der Waals surface area contributed by atoms with Gasteiger partial charge in [0.05, 0.1) is 36.5 Å². The number of hydrogen-bond acceptors (Lipinski definition) is 6. The third-order valence-electron chi connectivity index (χ3n) is 10.4. The van der Waals surface area contributed by atoms with Crippen LogP contribution in [0.25, 0.3) is 0 Å². The quantitative estimate of drug-likeness (QED) is 0.0286. The molecule has 0 aliphatic heterocycles. The normalized spacial score (nSPS) is 11.6. The fraction of sp³-hybridized carbons (Fsp3) is 0.706. The molecule has 324 valence electrons. The van der Waals surface area contributed by atoms with Gasteiger partial charge in [0.2, 0.25) is 0 Å². The van der Waals surface area contributed by atoms with Crippen molar-refractivity contribution in [3.05, 3.63) is 71.3 Å². The van der Waals surface area contributed by atoms with E-state index in [-0.39, 0.29) is 29.9 Å². The molecule has 57 heavy (non-hydrogen) atoms. The molecular formula is C51H84O6. The number of carbonyl (C=O) groups is 3. The summed E-state index contributed by atoms with van der Waals surface area (Å²) in [4.78, 5) is 39.5. The Hall–Kier alpha value is -3.15. The first-order valence-corrected chi connectivity index (χ1v) is 23.6. The Kier molecular flexibility index (Phi) is 36.1. The minimum absolute atomic E-state index is 0.0541. The lowest BCUT2D eigenvalue weighted by molar-refractivity contribution is 0.0448. The minimum atomic E-state index is -0.615. The first-order chi connectivity index (χ1) is 28.0. The van der Waals surface area contributed by atoms with Crippen molar-refractivity contribution in [2.24, 2.45) is 0 Å². The fourth-order valence-corrected chi connectivity index (χ4v) is 6.68. The van der Waals surface area contributed by atoms with Crippen molar-refractivity contribution in [2.45, 2.75) is 213 Å². The van der Waals surface area contributed by atoms with Crippen LogP contribution < -0.4 is 0 Å². The van der Waals surface area contributed by atoms with Crippen molar-refractivity contribution in [3.8, 4) is 0 Å². The zero-order valence-corrected chi connectivity index (χ0v) is 37.0. The van der Waals surface area contributed by atoms with Crippen LogP contribution >= 0.6 is 0 Å². The van der Waals surface area contributed by atoms with Gasteiger partial charge in [-0.25, -0.2) is 14.4 Å². The van der Waals surface area contributed by atoms with E-state index < -0.39 is 17.9 Å². The Balaban J connectivity index is 2.57. The average Bonchev–Trinajstić information content (AvgIpc) is 3.22. The van der Waals surface area contributed by atoms with Crippen LogP contribution in [0.5, 0.6) is 0 Å². The average molecular weight is 793 g/mol. The third-order valence-corrected chi connectivity index (χ3v) is 10.4. The summed E-state index contributed by atoms with van der Waals surface area (Å²) in [5.41, 5.74) is 0.409. The van der Waals surface area contributed by atoms with E-state index in [1.54, 1.807) is 6.07 Å². The van der Waals surface area contributed by atoms with Gasteiger partial charge in [-0.15, -0.1) is 0 Å². The molecule has 0 radical (unpaired) electrons. The Bertz CT molecular complexity index is 1210. The Morgan fingerprint density at radius 2 is 0.667 bits per heavy atom. The highest BCUT2D eigenvalue weighted by Crippen LogP contribution is 2.18. The largest absolute Gasteiger partial charge is 0.462 e. The maximum Gasteiger partial charge on any atom is 0.339 e. The van der Waals surface area contributed by atoms with Crippen LogP contribution in [0.2, 0.25) is 0 Å². The van der Waals surface area contributed by atoms with E-state index in [1.807, 2.05) is 0 Å².